The molecule has 10 heteroatoms. The van der Waals surface area contributed by atoms with E-state index in [9.17, 15) is 22.4 Å². The van der Waals surface area contributed by atoms with Crippen LogP contribution in [-0.2, 0) is 26.2 Å². The molecule has 3 aromatic carbocycles. The predicted octanol–water partition coefficient (Wildman–Crippen LogP) is 4.75. The van der Waals surface area contributed by atoms with Gasteiger partial charge in [0.25, 0.3) is 10.0 Å². The Labute approximate surface area is 235 Å². The topological polar surface area (TPSA) is 96.0 Å². The van der Waals surface area contributed by atoms with Crippen LogP contribution in [0.4, 0.5) is 10.1 Å². The molecule has 214 valence electrons. The van der Waals surface area contributed by atoms with Crippen LogP contribution in [0.15, 0.2) is 83.8 Å². The number of nitrogens with one attached hydrogen (secondary N) is 1. The number of ether oxygens (including phenoxy) is 1. The van der Waals surface area contributed by atoms with Gasteiger partial charge >= 0.3 is 0 Å². The molecule has 0 aliphatic rings. The number of carbonyl (C=O) groups excluding carboxylic acids is 2. The summed E-state index contributed by atoms with van der Waals surface area (Å²) >= 11 is 0. The second-order valence-electron chi connectivity index (χ2n) is 9.22. The van der Waals surface area contributed by atoms with Crippen molar-refractivity contribution in [2.45, 2.75) is 50.6 Å². The van der Waals surface area contributed by atoms with E-state index in [1.807, 2.05) is 6.92 Å². The summed E-state index contributed by atoms with van der Waals surface area (Å²) in [5.74, 6) is -1.21. The normalized spacial score (nSPS) is 11.9. The van der Waals surface area contributed by atoms with E-state index in [1.54, 1.807) is 49.4 Å². The van der Waals surface area contributed by atoms with E-state index in [4.69, 9.17) is 4.74 Å². The van der Waals surface area contributed by atoms with Crippen molar-refractivity contribution in [3.8, 4) is 5.75 Å². The van der Waals surface area contributed by atoms with Crippen molar-refractivity contribution < 1.29 is 27.1 Å². The molecule has 0 fully saturated rings. The number of hydrogen-bond donors (Lipinski definition) is 1. The van der Waals surface area contributed by atoms with Crippen molar-refractivity contribution in [2.24, 2.45) is 0 Å². The third kappa shape index (κ3) is 7.59. The largest absolute Gasteiger partial charge is 0.497 e. The number of rotatable bonds is 14. The Morgan fingerprint density at radius 3 is 2.33 bits per heavy atom. The van der Waals surface area contributed by atoms with Crippen molar-refractivity contribution in [1.29, 1.82) is 0 Å². The van der Waals surface area contributed by atoms with Gasteiger partial charge in [-0.1, -0.05) is 62.7 Å². The number of carbonyl (C=O) groups is 2. The molecular formula is C30H36FN3O5S. The third-order valence-corrected chi connectivity index (χ3v) is 8.21. The number of hydrogen-bond acceptors (Lipinski definition) is 5. The van der Waals surface area contributed by atoms with Crippen LogP contribution in [0.25, 0.3) is 0 Å². The molecule has 3 rings (SSSR count). The smallest absolute Gasteiger partial charge is 0.264 e. The molecule has 0 saturated carbocycles. The van der Waals surface area contributed by atoms with Gasteiger partial charge in [-0.25, -0.2) is 12.8 Å². The van der Waals surface area contributed by atoms with Gasteiger partial charge in [0.05, 0.1) is 17.7 Å². The second kappa shape index (κ2) is 14.5. The molecule has 0 bridgehead atoms. The lowest BCUT2D eigenvalue weighted by Crippen LogP contribution is -2.52. The van der Waals surface area contributed by atoms with Gasteiger partial charge in [-0.15, -0.1) is 0 Å². The average Bonchev–Trinajstić information content (AvgIpc) is 2.96. The lowest BCUT2D eigenvalue weighted by molar-refractivity contribution is -0.140. The lowest BCUT2D eigenvalue weighted by atomic mass is 10.1. The SMILES string of the molecule is CCCCNC(=O)[C@H](CC)N(Cc1cccc(OC)c1)C(=O)CN(c1ccccc1F)S(=O)(=O)c1ccccc1. The molecule has 0 unspecified atom stereocenters. The molecule has 0 radical (unpaired) electrons. The zero-order chi connectivity index (χ0) is 29.1. The van der Waals surface area contributed by atoms with E-state index in [2.05, 4.69) is 5.32 Å². The Kier molecular flexibility index (Phi) is 11.1. The van der Waals surface area contributed by atoms with Crippen LogP contribution in [0.1, 0.15) is 38.7 Å². The number of halogens is 1. The molecule has 1 N–H and O–H groups in total. The van der Waals surface area contributed by atoms with Gasteiger partial charge in [0, 0.05) is 13.1 Å². The lowest BCUT2D eigenvalue weighted by Gasteiger charge is -2.33. The molecule has 1 atom stereocenters. The molecule has 40 heavy (non-hydrogen) atoms. The van der Waals surface area contributed by atoms with E-state index < -0.39 is 34.3 Å². The Morgan fingerprint density at radius 1 is 0.975 bits per heavy atom. The number of nitrogens with zero attached hydrogens (tertiary/aromatic N) is 2. The van der Waals surface area contributed by atoms with Crippen molar-refractivity contribution >= 4 is 27.5 Å². The minimum Gasteiger partial charge on any atom is -0.497 e. The summed E-state index contributed by atoms with van der Waals surface area (Å²) in [6, 6.07) is 19.1. The summed E-state index contributed by atoms with van der Waals surface area (Å²) in [5, 5.41) is 2.88. The maximum atomic E-state index is 15.0. The predicted molar refractivity (Wildman–Crippen MR) is 153 cm³/mol. The van der Waals surface area contributed by atoms with Crippen LogP contribution < -0.4 is 14.4 Å². The van der Waals surface area contributed by atoms with Crippen molar-refractivity contribution in [2.75, 3.05) is 24.5 Å². The van der Waals surface area contributed by atoms with Crippen molar-refractivity contribution in [3.63, 3.8) is 0 Å². The minimum atomic E-state index is -4.33. The van der Waals surface area contributed by atoms with Gasteiger partial charge in [0.2, 0.25) is 11.8 Å². The fourth-order valence-electron chi connectivity index (χ4n) is 4.28. The first-order valence-corrected chi connectivity index (χ1v) is 14.7. The molecule has 3 aromatic rings. The van der Waals surface area contributed by atoms with Crippen LogP contribution in [0, 0.1) is 5.82 Å². The van der Waals surface area contributed by atoms with Crippen LogP contribution >= 0.6 is 0 Å². The number of amides is 2. The van der Waals surface area contributed by atoms with Gasteiger partial charge in [-0.2, -0.15) is 0 Å². The van der Waals surface area contributed by atoms with Gasteiger partial charge in [-0.05, 0) is 54.8 Å². The molecule has 0 aliphatic heterocycles. The summed E-state index contributed by atoms with van der Waals surface area (Å²) in [6.07, 6.45) is 1.96. The zero-order valence-electron chi connectivity index (χ0n) is 23.0. The minimum absolute atomic E-state index is 0.0201. The van der Waals surface area contributed by atoms with Crippen LogP contribution in [0.5, 0.6) is 5.75 Å². The van der Waals surface area contributed by atoms with Gasteiger partial charge in [-0.3, -0.25) is 13.9 Å². The first-order chi connectivity index (χ1) is 19.2. The number of para-hydroxylation sites is 1. The molecule has 0 aromatic heterocycles. The fourth-order valence-corrected chi connectivity index (χ4v) is 5.72. The number of sulfonamides is 1. The van der Waals surface area contributed by atoms with Gasteiger partial charge in [0.1, 0.15) is 24.2 Å². The third-order valence-electron chi connectivity index (χ3n) is 6.43. The standard InChI is InChI=1S/C30H36FN3O5S/c1-4-6-19-32-30(36)27(5-2)33(21-23-13-12-14-24(20-23)39-3)29(35)22-34(28-18-11-10-17-26(28)31)40(37,38)25-15-8-7-9-16-25/h7-18,20,27H,4-6,19,21-22H2,1-3H3,(H,32,36)/t27-/m0/s1. The van der Waals surface area contributed by atoms with Crippen LogP contribution in [0.2, 0.25) is 0 Å². The Bertz CT molecular complexity index is 1380. The summed E-state index contributed by atoms with van der Waals surface area (Å²) < 4.78 is 48.5. The fraction of sp³-hybridized carbons (Fsp3) is 0.333. The van der Waals surface area contributed by atoms with Gasteiger partial charge in [0.15, 0.2) is 0 Å². The highest BCUT2D eigenvalue weighted by atomic mass is 32.2. The monoisotopic (exact) mass is 569 g/mol. The van der Waals surface area contributed by atoms with E-state index in [0.717, 1.165) is 23.2 Å². The molecule has 0 saturated heterocycles. The number of methoxy groups -OCH3 is 1. The average molecular weight is 570 g/mol. The van der Waals surface area contributed by atoms with E-state index in [0.29, 0.717) is 24.3 Å². The van der Waals surface area contributed by atoms with Crippen LogP contribution in [-0.4, -0.2) is 51.4 Å². The first kappa shape index (κ1) is 30.6. The zero-order valence-corrected chi connectivity index (χ0v) is 23.9. The highest BCUT2D eigenvalue weighted by molar-refractivity contribution is 7.92. The number of benzene rings is 3. The Balaban J connectivity index is 2.04. The van der Waals surface area contributed by atoms with Crippen molar-refractivity contribution in [3.05, 3.63) is 90.2 Å². The Morgan fingerprint density at radius 2 is 1.68 bits per heavy atom. The quantitative estimate of drug-likeness (QED) is 0.283. The molecule has 0 spiro atoms. The molecule has 0 heterocycles. The maximum absolute atomic E-state index is 15.0. The Hall–Kier alpha value is -3.92. The molecular weight excluding hydrogens is 533 g/mol. The number of unbranched alkanes of at least 4 members (excludes halogenated alkanes) is 1. The molecule has 0 aliphatic carbocycles. The summed E-state index contributed by atoms with van der Waals surface area (Å²) in [7, 11) is -2.81. The second-order valence-corrected chi connectivity index (χ2v) is 11.1. The summed E-state index contributed by atoms with van der Waals surface area (Å²) in [4.78, 5) is 28.5. The van der Waals surface area contributed by atoms with E-state index >= 15 is 0 Å². The first-order valence-electron chi connectivity index (χ1n) is 13.2. The van der Waals surface area contributed by atoms with Crippen molar-refractivity contribution in [1.82, 2.24) is 10.2 Å². The van der Waals surface area contributed by atoms with Crippen LogP contribution in [0.3, 0.4) is 0 Å². The highest BCUT2D eigenvalue weighted by Gasteiger charge is 2.34. The summed E-state index contributed by atoms with van der Waals surface area (Å²) in [5.41, 5.74) is 0.428. The van der Waals surface area contributed by atoms with E-state index in [-0.39, 0.29) is 23.0 Å². The summed E-state index contributed by atoms with van der Waals surface area (Å²) in [6.45, 7) is 3.56. The highest BCUT2D eigenvalue weighted by Crippen LogP contribution is 2.27. The van der Waals surface area contributed by atoms with Gasteiger partial charge < -0.3 is 15.0 Å². The maximum Gasteiger partial charge on any atom is 0.264 e. The van der Waals surface area contributed by atoms with E-state index in [1.165, 1.54) is 42.3 Å². The number of anilines is 1. The molecule has 2 amide bonds. The molecule has 8 nitrogen and oxygen atoms in total.